The molecule has 0 fully saturated rings. The third kappa shape index (κ3) is 5.20. The lowest BCUT2D eigenvalue weighted by Gasteiger charge is -2.10. The largest absolute Gasteiger partial charge is 0.481 e. The lowest BCUT2D eigenvalue weighted by Crippen LogP contribution is -2.28. The van der Waals surface area contributed by atoms with E-state index in [4.69, 9.17) is 9.47 Å². The minimum absolute atomic E-state index is 0.331. The number of urea groups is 1. The molecular formula is C21H22N4O3. The first-order chi connectivity index (χ1) is 13.5. The number of nitrogens with zero attached hydrogens (tertiary/aromatic N) is 2. The van der Waals surface area contributed by atoms with Gasteiger partial charge in [-0.15, -0.1) is 0 Å². The molecule has 0 aliphatic rings. The lowest BCUT2D eigenvalue weighted by molar-refractivity contribution is 0.251. The van der Waals surface area contributed by atoms with Crippen LogP contribution in [-0.2, 0) is 6.54 Å². The van der Waals surface area contributed by atoms with E-state index in [1.54, 1.807) is 24.4 Å². The van der Waals surface area contributed by atoms with Gasteiger partial charge in [0.05, 0.1) is 19.0 Å². The van der Waals surface area contributed by atoms with Crippen molar-refractivity contribution in [2.75, 3.05) is 12.4 Å². The molecule has 0 radical (unpaired) electrons. The van der Waals surface area contributed by atoms with Gasteiger partial charge in [0, 0.05) is 24.9 Å². The SMILES string of the molecule is COc1ccc(NC(=O)NCc2ccc(Oc3cc(C)ccc3C)nc2)cn1. The first kappa shape index (κ1) is 19.2. The summed E-state index contributed by atoms with van der Waals surface area (Å²) in [7, 11) is 1.54. The molecule has 0 saturated carbocycles. The Morgan fingerprint density at radius 3 is 2.46 bits per heavy atom. The van der Waals surface area contributed by atoms with Gasteiger partial charge in [0.1, 0.15) is 5.75 Å². The number of amides is 2. The Bertz CT molecular complexity index is 941. The van der Waals surface area contributed by atoms with Gasteiger partial charge in [0.15, 0.2) is 0 Å². The second kappa shape index (κ2) is 8.85. The quantitative estimate of drug-likeness (QED) is 0.671. The zero-order chi connectivity index (χ0) is 19.9. The van der Waals surface area contributed by atoms with E-state index in [1.807, 2.05) is 38.1 Å². The molecule has 0 saturated heterocycles. The van der Waals surface area contributed by atoms with Gasteiger partial charge in [0.25, 0.3) is 0 Å². The van der Waals surface area contributed by atoms with Crippen molar-refractivity contribution in [3.63, 3.8) is 0 Å². The maximum atomic E-state index is 12.0. The minimum atomic E-state index is -0.331. The number of anilines is 1. The van der Waals surface area contributed by atoms with Crippen LogP contribution in [0.25, 0.3) is 0 Å². The van der Waals surface area contributed by atoms with Crippen molar-refractivity contribution in [1.82, 2.24) is 15.3 Å². The fraction of sp³-hybridized carbons (Fsp3) is 0.190. The molecule has 3 rings (SSSR count). The number of rotatable bonds is 6. The van der Waals surface area contributed by atoms with Crippen LogP contribution in [0.3, 0.4) is 0 Å². The number of ether oxygens (including phenoxy) is 2. The summed E-state index contributed by atoms with van der Waals surface area (Å²) in [4.78, 5) is 20.3. The van der Waals surface area contributed by atoms with Crippen LogP contribution in [0.5, 0.6) is 17.5 Å². The van der Waals surface area contributed by atoms with Crippen molar-refractivity contribution < 1.29 is 14.3 Å². The summed E-state index contributed by atoms with van der Waals surface area (Å²) < 4.78 is 10.8. The molecular weight excluding hydrogens is 356 g/mol. The zero-order valence-corrected chi connectivity index (χ0v) is 16.0. The Balaban J connectivity index is 1.52. The van der Waals surface area contributed by atoms with Gasteiger partial charge < -0.3 is 20.1 Å². The summed E-state index contributed by atoms with van der Waals surface area (Å²) in [6, 6.07) is 12.7. The third-order valence-corrected chi connectivity index (χ3v) is 4.01. The predicted octanol–water partition coefficient (Wildman–Crippen LogP) is 4.22. The molecule has 2 amide bonds. The van der Waals surface area contributed by atoms with Gasteiger partial charge in [-0.3, -0.25) is 0 Å². The van der Waals surface area contributed by atoms with Crippen molar-refractivity contribution >= 4 is 11.7 Å². The summed E-state index contributed by atoms with van der Waals surface area (Å²) in [5.74, 6) is 1.78. The Labute approximate surface area is 163 Å². The van der Waals surface area contributed by atoms with Crippen LogP contribution < -0.4 is 20.1 Å². The van der Waals surface area contributed by atoms with Crippen LogP contribution in [0.1, 0.15) is 16.7 Å². The fourth-order valence-electron chi connectivity index (χ4n) is 2.44. The van der Waals surface area contributed by atoms with Crippen molar-refractivity contribution in [2.24, 2.45) is 0 Å². The molecule has 2 heterocycles. The maximum absolute atomic E-state index is 12.0. The second-order valence-corrected chi connectivity index (χ2v) is 6.27. The van der Waals surface area contributed by atoms with Gasteiger partial charge in [-0.05, 0) is 42.7 Å². The molecule has 0 unspecified atom stereocenters. The van der Waals surface area contributed by atoms with Gasteiger partial charge in [-0.2, -0.15) is 0 Å². The van der Waals surface area contributed by atoms with E-state index in [-0.39, 0.29) is 6.03 Å². The highest BCUT2D eigenvalue weighted by Crippen LogP contribution is 2.24. The molecule has 1 aromatic carbocycles. The van der Waals surface area contributed by atoms with Crippen LogP contribution >= 0.6 is 0 Å². The number of nitrogens with one attached hydrogen (secondary N) is 2. The Kier molecular flexibility index (Phi) is 6.06. The first-order valence-electron chi connectivity index (χ1n) is 8.78. The number of hydrogen-bond donors (Lipinski definition) is 2. The summed E-state index contributed by atoms with van der Waals surface area (Å²) in [6.45, 7) is 4.34. The summed E-state index contributed by atoms with van der Waals surface area (Å²) in [6.07, 6.45) is 3.20. The van der Waals surface area contributed by atoms with Crippen LogP contribution in [0.15, 0.2) is 54.9 Å². The van der Waals surface area contributed by atoms with Crippen molar-refractivity contribution in [2.45, 2.75) is 20.4 Å². The molecule has 2 aromatic heterocycles. The Hall–Kier alpha value is -3.61. The van der Waals surface area contributed by atoms with E-state index in [9.17, 15) is 4.79 Å². The highest BCUT2D eigenvalue weighted by Gasteiger charge is 2.05. The van der Waals surface area contributed by atoms with Gasteiger partial charge >= 0.3 is 6.03 Å². The average Bonchev–Trinajstić information content (AvgIpc) is 2.71. The third-order valence-electron chi connectivity index (χ3n) is 4.01. The number of pyridine rings is 2. The monoisotopic (exact) mass is 378 g/mol. The topological polar surface area (TPSA) is 85.4 Å². The van der Waals surface area contributed by atoms with E-state index in [0.29, 0.717) is 24.0 Å². The summed E-state index contributed by atoms with van der Waals surface area (Å²) in [5.41, 5.74) is 3.60. The molecule has 7 heteroatoms. The van der Waals surface area contributed by atoms with Gasteiger partial charge in [-0.1, -0.05) is 18.2 Å². The molecule has 0 aliphatic carbocycles. The van der Waals surface area contributed by atoms with E-state index in [1.165, 1.54) is 13.3 Å². The average molecular weight is 378 g/mol. The normalized spacial score (nSPS) is 10.2. The second-order valence-electron chi connectivity index (χ2n) is 6.27. The minimum Gasteiger partial charge on any atom is -0.481 e. The maximum Gasteiger partial charge on any atom is 0.319 e. The molecule has 28 heavy (non-hydrogen) atoms. The standard InChI is InChI=1S/C21H22N4O3/c1-14-4-5-15(2)18(10-14)28-20-8-6-16(11-22-20)12-24-21(26)25-17-7-9-19(27-3)23-13-17/h4-11,13H,12H2,1-3H3,(H2,24,25,26). The smallest absolute Gasteiger partial charge is 0.319 e. The van der Waals surface area contributed by atoms with E-state index >= 15 is 0 Å². The Morgan fingerprint density at radius 2 is 1.79 bits per heavy atom. The first-order valence-corrected chi connectivity index (χ1v) is 8.78. The highest BCUT2D eigenvalue weighted by atomic mass is 16.5. The number of carbonyl (C=O) groups is 1. The van der Waals surface area contributed by atoms with Crippen LogP contribution in [0, 0.1) is 13.8 Å². The Morgan fingerprint density at radius 1 is 1.00 bits per heavy atom. The predicted molar refractivity (Wildman–Crippen MR) is 107 cm³/mol. The highest BCUT2D eigenvalue weighted by molar-refractivity contribution is 5.88. The summed E-state index contributed by atoms with van der Waals surface area (Å²) in [5, 5.41) is 5.48. The lowest BCUT2D eigenvalue weighted by atomic mass is 10.1. The number of methoxy groups -OCH3 is 1. The van der Waals surface area contributed by atoms with Crippen LogP contribution in [-0.4, -0.2) is 23.1 Å². The van der Waals surface area contributed by atoms with E-state index in [2.05, 4.69) is 20.6 Å². The van der Waals surface area contributed by atoms with E-state index < -0.39 is 0 Å². The van der Waals surface area contributed by atoms with Gasteiger partial charge in [0.2, 0.25) is 11.8 Å². The molecule has 144 valence electrons. The van der Waals surface area contributed by atoms with E-state index in [0.717, 1.165) is 22.4 Å². The molecule has 0 aliphatic heterocycles. The van der Waals surface area contributed by atoms with Crippen molar-refractivity contribution in [1.29, 1.82) is 0 Å². The van der Waals surface area contributed by atoms with Crippen LogP contribution in [0.4, 0.5) is 10.5 Å². The molecule has 3 aromatic rings. The summed E-state index contributed by atoms with van der Waals surface area (Å²) >= 11 is 0. The van der Waals surface area contributed by atoms with Crippen molar-refractivity contribution in [3.8, 4) is 17.5 Å². The zero-order valence-electron chi connectivity index (χ0n) is 16.0. The number of aryl methyl sites for hydroxylation is 2. The number of carbonyl (C=O) groups excluding carboxylic acids is 1. The van der Waals surface area contributed by atoms with Crippen LogP contribution in [0.2, 0.25) is 0 Å². The van der Waals surface area contributed by atoms with Crippen molar-refractivity contribution in [3.05, 3.63) is 71.5 Å². The van der Waals surface area contributed by atoms with Gasteiger partial charge in [-0.25, -0.2) is 14.8 Å². The molecule has 0 bridgehead atoms. The molecule has 2 N–H and O–H groups in total. The molecule has 0 atom stereocenters. The fourth-order valence-corrected chi connectivity index (χ4v) is 2.44. The number of aromatic nitrogens is 2. The number of benzene rings is 1. The number of hydrogen-bond acceptors (Lipinski definition) is 5. The molecule has 7 nitrogen and oxygen atoms in total. The molecule has 0 spiro atoms.